The third-order valence-corrected chi connectivity index (χ3v) is 12.4. The summed E-state index contributed by atoms with van der Waals surface area (Å²) in [7, 11) is 0. The molecule has 0 unspecified atom stereocenters. The van der Waals surface area contributed by atoms with Crippen molar-refractivity contribution in [2.24, 2.45) is 10.8 Å². The second-order valence-electron chi connectivity index (χ2n) is 19.2. The number of rotatable bonds is 10. The van der Waals surface area contributed by atoms with Crippen molar-refractivity contribution in [1.82, 2.24) is 40.4 Å². The van der Waals surface area contributed by atoms with E-state index in [1.807, 2.05) is 24.3 Å². The monoisotopic (exact) mass is 814 g/mol. The average molecular weight is 815 g/mol. The van der Waals surface area contributed by atoms with Gasteiger partial charge in [-0.25, -0.2) is 19.6 Å². The van der Waals surface area contributed by atoms with Crippen LogP contribution < -0.4 is 10.6 Å². The third kappa shape index (κ3) is 7.56. The van der Waals surface area contributed by atoms with Crippen LogP contribution in [0.25, 0.3) is 44.3 Å². The number of H-pyrrole nitrogens is 2. The average Bonchev–Trinajstić information content (AvgIpc) is 4.02. The van der Waals surface area contributed by atoms with Gasteiger partial charge in [-0.3, -0.25) is 9.59 Å². The largest absolute Gasteiger partial charge is 0.433 e. The zero-order valence-corrected chi connectivity index (χ0v) is 35.2. The molecule has 314 valence electrons. The van der Waals surface area contributed by atoms with Crippen molar-refractivity contribution in [2.45, 2.75) is 103 Å². The highest BCUT2D eigenvalue weighted by molar-refractivity contribution is 5.92. The Kier molecular flexibility index (Phi) is 9.47. The minimum absolute atomic E-state index is 0.285. The fraction of sp³-hybridized carbons (Fsp3) is 0.478. The first-order chi connectivity index (χ1) is 28.5. The van der Waals surface area contributed by atoms with Gasteiger partial charge in [-0.1, -0.05) is 77.9 Å². The zero-order chi connectivity index (χ0) is 42.2. The van der Waals surface area contributed by atoms with Crippen LogP contribution in [-0.2, 0) is 19.1 Å². The molecule has 0 radical (unpaired) electrons. The molecule has 14 heteroatoms. The molecule has 0 spiro atoms. The smallest absolute Gasteiger partial charge is 0.410 e. The van der Waals surface area contributed by atoms with E-state index in [1.54, 1.807) is 9.80 Å². The number of benzene rings is 3. The Hall–Kier alpha value is -5.92. The second-order valence-corrected chi connectivity index (χ2v) is 19.2. The first-order valence-electron chi connectivity index (χ1n) is 21.2. The van der Waals surface area contributed by atoms with Crippen molar-refractivity contribution in [3.63, 3.8) is 0 Å². The van der Waals surface area contributed by atoms with Gasteiger partial charge in [0.25, 0.3) is 11.8 Å². The summed E-state index contributed by atoms with van der Waals surface area (Å²) in [5.74, 6) is 0.721. The maximum absolute atomic E-state index is 13.6. The van der Waals surface area contributed by atoms with E-state index in [4.69, 9.17) is 19.4 Å². The Labute approximate surface area is 349 Å². The van der Waals surface area contributed by atoms with Gasteiger partial charge < -0.3 is 39.9 Å². The lowest BCUT2D eigenvalue weighted by Gasteiger charge is -2.33. The second kappa shape index (κ2) is 14.4. The Morgan fingerprint density at radius 1 is 0.583 bits per heavy atom. The van der Waals surface area contributed by atoms with Gasteiger partial charge in [-0.05, 0) is 70.2 Å². The zero-order valence-electron chi connectivity index (χ0n) is 35.2. The van der Waals surface area contributed by atoms with Crippen molar-refractivity contribution in [3.8, 4) is 22.3 Å². The third-order valence-electron chi connectivity index (χ3n) is 12.4. The summed E-state index contributed by atoms with van der Waals surface area (Å²) >= 11 is 0. The number of aromatic amines is 2. The molecule has 60 heavy (non-hydrogen) atoms. The molecule has 5 aromatic rings. The van der Waals surface area contributed by atoms with Crippen molar-refractivity contribution in [3.05, 3.63) is 72.3 Å². The van der Waals surface area contributed by atoms with Gasteiger partial charge in [-0.15, -0.1) is 0 Å². The normalized spacial score (nSPS) is 18.8. The maximum Gasteiger partial charge on any atom is 0.410 e. The van der Waals surface area contributed by atoms with Crippen LogP contribution in [0, 0.1) is 10.8 Å². The number of nitrogens with one attached hydrogen (secondary N) is 4. The Morgan fingerprint density at radius 3 is 1.23 bits per heavy atom. The minimum atomic E-state index is -1.12. The maximum atomic E-state index is 13.6. The summed E-state index contributed by atoms with van der Waals surface area (Å²) in [5.41, 5.74) is 4.40. The van der Waals surface area contributed by atoms with E-state index in [1.165, 1.54) is 0 Å². The molecule has 2 atom stereocenters. The molecular formula is C46H54N8O6. The quantitative estimate of drug-likeness (QED) is 0.110. The van der Waals surface area contributed by atoms with Crippen molar-refractivity contribution in [2.75, 3.05) is 26.2 Å². The van der Waals surface area contributed by atoms with Gasteiger partial charge in [0.15, 0.2) is 11.2 Å². The summed E-state index contributed by atoms with van der Waals surface area (Å²) in [6, 6.07) is 19.7. The molecule has 2 aromatic heterocycles. The van der Waals surface area contributed by atoms with Crippen LogP contribution in [0.4, 0.5) is 9.59 Å². The van der Waals surface area contributed by atoms with E-state index in [2.05, 4.69) is 98.5 Å². The number of amides is 4. The fourth-order valence-electron chi connectivity index (χ4n) is 7.90. The van der Waals surface area contributed by atoms with Gasteiger partial charge in [0.05, 0.1) is 34.2 Å². The summed E-state index contributed by atoms with van der Waals surface area (Å²) in [6.45, 7) is 15.0. The van der Waals surface area contributed by atoms with Crippen LogP contribution in [0.2, 0.25) is 0 Å². The summed E-state index contributed by atoms with van der Waals surface area (Å²) < 4.78 is 11.4. The van der Waals surface area contributed by atoms with Crippen molar-refractivity contribution < 1.29 is 28.7 Å². The number of imidazole rings is 2. The van der Waals surface area contributed by atoms with Gasteiger partial charge in [0, 0.05) is 51.9 Å². The molecule has 3 aromatic carbocycles. The lowest BCUT2D eigenvalue weighted by Crippen LogP contribution is -2.49. The first-order valence-corrected chi connectivity index (χ1v) is 21.2. The number of nitrogens with zero attached hydrogens (tertiary/aromatic N) is 4. The highest BCUT2D eigenvalue weighted by Crippen LogP contribution is 2.44. The number of hydrogen-bond acceptors (Lipinski definition) is 8. The summed E-state index contributed by atoms with van der Waals surface area (Å²) in [6.07, 6.45) is 3.12. The number of hydrogen-bond donors (Lipinski definition) is 4. The molecule has 2 saturated carbocycles. The van der Waals surface area contributed by atoms with Crippen LogP contribution >= 0.6 is 0 Å². The Morgan fingerprint density at radius 2 is 0.933 bits per heavy atom. The number of aromatic nitrogens is 4. The van der Waals surface area contributed by atoms with Crippen LogP contribution in [0.15, 0.2) is 60.7 Å². The van der Waals surface area contributed by atoms with Crippen molar-refractivity contribution >= 4 is 46.1 Å². The van der Waals surface area contributed by atoms with E-state index in [9.17, 15) is 19.2 Å². The van der Waals surface area contributed by atoms with Gasteiger partial charge in [-0.2, -0.15) is 0 Å². The van der Waals surface area contributed by atoms with Crippen molar-refractivity contribution in [1.29, 1.82) is 0 Å². The van der Waals surface area contributed by atoms with E-state index in [0.717, 1.165) is 57.2 Å². The molecule has 14 nitrogen and oxygen atoms in total. The standard InChI is InChI=1S/C46H54N8O6/c1-43(2,3)35(51-39(55)45(17-18-45)59-41(57)53-21-7-22-53)37-47-31-15-13-29(25-33(31)49-37)27-9-11-28(12-10-27)30-14-16-32-34(26-30)50-38(48-32)36(44(4,5)6)52-40(56)46(19-20-46)60-42(58)54-23-8-24-54/h9-16,25-26,35-36H,7-8,17-24H2,1-6H3,(H,47,49)(H,48,50)(H,51,55)(H,52,56)/t35-,36-/m1/s1. The first kappa shape index (κ1) is 39.5. The molecule has 9 rings (SSSR count). The molecule has 2 aliphatic carbocycles. The molecule has 4 aliphatic rings. The predicted octanol–water partition coefficient (Wildman–Crippen LogP) is 7.93. The molecule has 2 saturated heterocycles. The van der Waals surface area contributed by atoms with Gasteiger partial charge in [0.2, 0.25) is 0 Å². The fourth-order valence-corrected chi connectivity index (χ4v) is 7.90. The lowest BCUT2D eigenvalue weighted by molar-refractivity contribution is -0.134. The highest BCUT2D eigenvalue weighted by Gasteiger charge is 2.57. The number of carbonyl (C=O) groups is 4. The Bertz CT molecular complexity index is 2320. The van der Waals surface area contributed by atoms with Crippen LogP contribution in [0.1, 0.15) is 104 Å². The van der Waals surface area contributed by atoms with E-state index in [-0.39, 0.29) is 22.6 Å². The number of likely N-dealkylation sites (tertiary alicyclic amines) is 2. The number of fused-ring (bicyclic) bond motifs is 2. The van der Waals surface area contributed by atoms with E-state index < -0.39 is 35.5 Å². The molecule has 4 N–H and O–H groups in total. The van der Waals surface area contributed by atoms with E-state index >= 15 is 0 Å². The molecule has 4 heterocycles. The summed E-state index contributed by atoms with van der Waals surface area (Å²) in [4.78, 5) is 72.3. The van der Waals surface area contributed by atoms with E-state index in [0.29, 0.717) is 63.5 Å². The van der Waals surface area contributed by atoms with Crippen LogP contribution in [-0.4, -0.2) is 91.1 Å². The van der Waals surface area contributed by atoms with Gasteiger partial charge in [0.1, 0.15) is 11.6 Å². The molecule has 4 fully saturated rings. The van der Waals surface area contributed by atoms with Gasteiger partial charge >= 0.3 is 12.2 Å². The lowest BCUT2D eigenvalue weighted by atomic mass is 9.86. The highest BCUT2D eigenvalue weighted by atomic mass is 16.6. The molecule has 2 aliphatic heterocycles. The van der Waals surface area contributed by atoms with Crippen LogP contribution in [0.3, 0.4) is 0 Å². The summed E-state index contributed by atoms with van der Waals surface area (Å²) in [5, 5.41) is 6.34. The number of ether oxygens (including phenoxy) is 2. The molecular weight excluding hydrogens is 761 g/mol. The molecule has 4 amide bonds. The number of carbonyl (C=O) groups excluding carboxylic acids is 4. The molecule has 0 bridgehead atoms. The topological polar surface area (TPSA) is 175 Å². The van der Waals surface area contributed by atoms with Crippen LogP contribution in [0.5, 0.6) is 0 Å². The Balaban J connectivity index is 0.895. The SMILES string of the molecule is CC(C)(C)[C@H](NC(=O)C1(OC(=O)N2CCC2)CC1)c1nc2ccc(-c3ccc(-c4ccc5nc([C@@H](NC(=O)C6(OC(=O)N7CCC7)CC6)C(C)(C)C)[nH]c5c4)cc3)cc2[nH]1. The predicted molar refractivity (Wildman–Crippen MR) is 227 cm³/mol. The minimum Gasteiger partial charge on any atom is -0.433 e.